The zero-order valence-electron chi connectivity index (χ0n) is 12.6. The summed E-state index contributed by atoms with van der Waals surface area (Å²) in [6.07, 6.45) is 3.93. The van der Waals surface area contributed by atoms with Gasteiger partial charge < -0.3 is 16.0 Å². The Bertz CT molecular complexity index is 378. The van der Waals surface area contributed by atoms with E-state index in [9.17, 15) is 0 Å². The number of hydrogen-bond donors (Lipinski definition) is 2. The smallest absolute Gasteiger partial charge is 0.133 e. The van der Waals surface area contributed by atoms with Crippen LogP contribution in [0.1, 0.15) is 33.6 Å². The van der Waals surface area contributed by atoms with Crippen LogP contribution in [0.4, 0.5) is 11.6 Å². The van der Waals surface area contributed by atoms with E-state index in [1.54, 1.807) is 6.33 Å². The fourth-order valence-electron chi connectivity index (χ4n) is 1.83. The molecule has 0 unspecified atom stereocenters. The lowest BCUT2D eigenvalue weighted by atomic mass is 9.93. The van der Waals surface area contributed by atoms with Crippen molar-refractivity contribution in [1.29, 1.82) is 0 Å². The first-order chi connectivity index (χ1) is 8.98. The molecule has 5 nitrogen and oxygen atoms in total. The zero-order chi connectivity index (χ0) is 14.3. The first-order valence-electron chi connectivity index (χ1n) is 6.95. The molecule has 1 aromatic rings. The van der Waals surface area contributed by atoms with Crippen LogP contribution in [0.5, 0.6) is 0 Å². The van der Waals surface area contributed by atoms with E-state index in [1.807, 2.05) is 13.1 Å². The molecule has 19 heavy (non-hydrogen) atoms. The van der Waals surface area contributed by atoms with Crippen LogP contribution >= 0.6 is 0 Å². The molecule has 0 bridgehead atoms. The van der Waals surface area contributed by atoms with Crippen LogP contribution in [0, 0.1) is 5.41 Å². The number of unbranched alkanes of at least 4 members (excludes halogenated alkanes) is 1. The van der Waals surface area contributed by atoms with Crippen LogP contribution in [0.15, 0.2) is 12.4 Å². The van der Waals surface area contributed by atoms with E-state index >= 15 is 0 Å². The Hall–Kier alpha value is -1.36. The van der Waals surface area contributed by atoms with Gasteiger partial charge in [-0.1, -0.05) is 27.2 Å². The van der Waals surface area contributed by atoms with Crippen molar-refractivity contribution in [3.63, 3.8) is 0 Å². The maximum atomic E-state index is 5.77. The molecular weight excluding hydrogens is 238 g/mol. The second-order valence-corrected chi connectivity index (χ2v) is 5.77. The molecule has 1 rings (SSSR count). The lowest BCUT2D eigenvalue weighted by Gasteiger charge is -2.29. The summed E-state index contributed by atoms with van der Waals surface area (Å²) in [6, 6.07) is 1.99. The van der Waals surface area contributed by atoms with Crippen LogP contribution in [0.25, 0.3) is 0 Å². The lowest BCUT2D eigenvalue weighted by molar-refractivity contribution is 0.384. The Morgan fingerprint density at radius 2 is 2.11 bits per heavy atom. The van der Waals surface area contributed by atoms with Crippen molar-refractivity contribution >= 4 is 11.6 Å². The van der Waals surface area contributed by atoms with Gasteiger partial charge in [0.1, 0.15) is 18.0 Å². The minimum absolute atomic E-state index is 0.0789. The first kappa shape index (κ1) is 15.7. The second-order valence-electron chi connectivity index (χ2n) is 5.77. The number of nitrogens with zero attached hydrogens (tertiary/aromatic N) is 3. The van der Waals surface area contributed by atoms with Gasteiger partial charge in [0.2, 0.25) is 0 Å². The molecule has 0 aromatic carbocycles. The van der Waals surface area contributed by atoms with E-state index in [1.165, 1.54) is 6.42 Å². The van der Waals surface area contributed by atoms with Crippen molar-refractivity contribution in [3.8, 4) is 0 Å². The molecule has 0 aliphatic carbocycles. The Kier molecular flexibility index (Phi) is 6.02. The van der Waals surface area contributed by atoms with E-state index in [-0.39, 0.29) is 5.41 Å². The average Bonchev–Trinajstić information content (AvgIpc) is 2.39. The van der Waals surface area contributed by atoms with Crippen LogP contribution < -0.4 is 16.0 Å². The summed E-state index contributed by atoms with van der Waals surface area (Å²) in [5, 5.41) is 3.32. The highest BCUT2D eigenvalue weighted by molar-refractivity contribution is 5.48. The van der Waals surface area contributed by atoms with Crippen molar-refractivity contribution in [2.24, 2.45) is 11.1 Å². The highest BCUT2D eigenvalue weighted by atomic mass is 15.2. The minimum atomic E-state index is 0.0789. The molecule has 0 aliphatic heterocycles. The van der Waals surface area contributed by atoms with Gasteiger partial charge in [0.25, 0.3) is 0 Å². The number of nitrogens with two attached hydrogens (primary N) is 1. The van der Waals surface area contributed by atoms with Gasteiger partial charge in [-0.05, 0) is 18.4 Å². The molecule has 5 heteroatoms. The van der Waals surface area contributed by atoms with Crippen molar-refractivity contribution in [2.75, 3.05) is 36.9 Å². The molecule has 0 saturated heterocycles. The normalized spacial score (nSPS) is 11.4. The quantitative estimate of drug-likeness (QED) is 0.705. The average molecular weight is 265 g/mol. The van der Waals surface area contributed by atoms with Crippen LogP contribution in [-0.4, -0.2) is 36.6 Å². The molecule has 0 amide bonds. The third kappa shape index (κ3) is 5.42. The van der Waals surface area contributed by atoms with Crippen molar-refractivity contribution in [3.05, 3.63) is 12.4 Å². The Morgan fingerprint density at radius 1 is 1.37 bits per heavy atom. The predicted molar refractivity (Wildman–Crippen MR) is 81.5 cm³/mol. The number of anilines is 2. The van der Waals surface area contributed by atoms with Gasteiger partial charge in [0.05, 0.1) is 0 Å². The van der Waals surface area contributed by atoms with E-state index in [0.717, 1.165) is 31.1 Å². The fraction of sp³-hybridized carbons (Fsp3) is 0.714. The molecule has 0 saturated carbocycles. The van der Waals surface area contributed by atoms with Gasteiger partial charge in [-0.25, -0.2) is 9.97 Å². The molecule has 108 valence electrons. The minimum Gasteiger partial charge on any atom is -0.370 e. The van der Waals surface area contributed by atoms with E-state index < -0.39 is 0 Å². The molecule has 1 aromatic heterocycles. The van der Waals surface area contributed by atoms with Crippen LogP contribution in [0.3, 0.4) is 0 Å². The fourth-order valence-corrected chi connectivity index (χ4v) is 1.83. The van der Waals surface area contributed by atoms with Gasteiger partial charge >= 0.3 is 0 Å². The molecule has 0 aliphatic rings. The Labute approximate surface area is 116 Å². The maximum Gasteiger partial charge on any atom is 0.133 e. The SMILES string of the molecule is CCCCNc1cc(N(C)CC(C)(C)CN)ncn1. The molecule has 0 radical (unpaired) electrons. The zero-order valence-corrected chi connectivity index (χ0v) is 12.6. The number of rotatable bonds is 8. The first-order valence-corrected chi connectivity index (χ1v) is 6.95. The summed E-state index contributed by atoms with van der Waals surface area (Å²) in [7, 11) is 2.04. The number of aromatic nitrogens is 2. The largest absolute Gasteiger partial charge is 0.370 e. The van der Waals surface area contributed by atoms with Crippen LogP contribution in [0.2, 0.25) is 0 Å². The monoisotopic (exact) mass is 265 g/mol. The summed E-state index contributed by atoms with van der Waals surface area (Å²) < 4.78 is 0. The van der Waals surface area contributed by atoms with Gasteiger partial charge in [0, 0.05) is 26.2 Å². The highest BCUT2D eigenvalue weighted by Crippen LogP contribution is 2.19. The van der Waals surface area contributed by atoms with E-state index in [2.05, 4.69) is 41.0 Å². The second kappa shape index (κ2) is 7.28. The van der Waals surface area contributed by atoms with Crippen molar-refractivity contribution in [2.45, 2.75) is 33.6 Å². The van der Waals surface area contributed by atoms with Gasteiger partial charge in [0.15, 0.2) is 0 Å². The standard InChI is InChI=1S/C14H27N5/c1-5-6-7-16-12-8-13(18-11-17-12)19(4)10-14(2,3)9-15/h8,11H,5-7,9-10,15H2,1-4H3,(H,16,17,18). The Morgan fingerprint density at radius 3 is 2.74 bits per heavy atom. The van der Waals surface area contributed by atoms with Gasteiger partial charge in [-0.3, -0.25) is 0 Å². The molecule has 0 atom stereocenters. The van der Waals surface area contributed by atoms with E-state index in [0.29, 0.717) is 6.54 Å². The van der Waals surface area contributed by atoms with Crippen molar-refractivity contribution < 1.29 is 0 Å². The number of hydrogen-bond acceptors (Lipinski definition) is 5. The summed E-state index contributed by atoms with van der Waals surface area (Å²) in [6.45, 7) is 8.97. The van der Waals surface area contributed by atoms with Gasteiger partial charge in [-0.2, -0.15) is 0 Å². The third-order valence-corrected chi connectivity index (χ3v) is 3.10. The summed E-state index contributed by atoms with van der Waals surface area (Å²) in [4.78, 5) is 10.7. The molecule has 0 fully saturated rings. The molecule has 3 N–H and O–H groups in total. The highest BCUT2D eigenvalue weighted by Gasteiger charge is 2.19. The topological polar surface area (TPSA) is 67.1 Å². The predicted octanol–water partition coefficient (Wildman–Crippen LogP) is 2.11. The summed E-state index contributed by atoms with van der Waals surface area (Å²) >= 11 is 0. The third-order valence-electron chi connectivity index (χ3n) is 3.10. The summed E-state index contributed by atoms with van der Waals surface area (Å²) in [5.41, 5.74) is 5.85. The maximum absolute atomic E-state index is 5.77. The number of nitrogens with one attached hydrogen (secondary N) is 1. The lowest BCUT2D eigenvalue weighted by Crippen LogP contribution is -2.37. The summed E-state index contributed by atoms with van der Waals surface area (Å²) in [5.74, 6) is 1.81. The van der Waals surface area contributed by atoms with Crippen LogP contribution in [-0.2, 0) is 0 Å². The van der Waals surface area contributed by atoms with Crippen molar-refractivity contribution in [1.82, 2.24) is 9.97 Å². The Balaban J connectivity index is 2.64. The van der Waals surface area contributed by atoms with E-state index in [4.69, 9.17) is 5.73 Å². The molecule has 0 spiro atoms. The van der Waals surface area contributed by atoms with Gasteiger partial charge in [-0.15, -0.1) is 0 Å². The molecule has 1 heterocycles. The molecular formula is C14H27N5.